The van der Waals surface area contributed by atoms with Crippen LogP contribution in [0.3, 0.4) is 0 Å². The van der Waals surface area contributed by atoms with Gasteiger partial charge in [-0.2, -0.15) is 0 Å². The van der Waals surface area contributed by atoms with E-state index in [1.54, 1.807) is 12.1 Å². The maximum absolute atomic E-state index is 13.7. The Morgan fingerprint density at radius 1 is 1.18 bits per heavy atom. The van der Waals surface area contributed by atoms with E-state index in [-0.39, 0.29) is 11.5 Å². The molecule has 2 rings (SSSR count). The third-order valence-corrected chi connectivity index (χ3v) is 4.25. The van der Waals surface area contributed by atoms with Crippen LogP contribution in [-0.4, -0.2) is 37.0 Å². The van der Waals surface area contributed by atoms with Crippen molar-refractivity contribution in [2.45, 2.75) is 45.4 Å². The lowest BCUT2D eigenvalue weighted by Crippen LogP contribution is -2.32. The van der Waals surface area contributed by atoms with E-state index in [1.165, 1.54) is 51.3 Å². The normalized spacial score (nSPS) is 16.8. The fraction of sp³-hybridized carbons (Fsp3) is 0.611. The zero-order valence-corrected chi connectivity index (χ0v) is 13.5. The van der Waals surface area contributed by atoms with Crippen molar-refractivity contribution in [2.24, 2.45) is 0 Å². The zero-order chi connectivity index (χ0) is 15.8. The van der Waals surface area contributed by atoms with E-state index in [2.05, 4.69) is 10.2 Å². The van der Waals surface area contributed by atoms with Gasteiger partial charge in [0.15, 0.2) is 0 Å². The van der Waals surface area contributed by atoms with Crippen LogP contribution in [0.15, 0.2) is 18.2 Å². The molecule has 1 fully saturated rings. The molecular formula is C18H27FN2O. The Hall–Kier alpha value is -1.42. The lowest BCUT2D eigenvalue weighted by Gasteiger charge is -2.24. The van der Waals surface area contributed by atoms with Crippen LogP contribution in [0.2, 0.25) is 0 Å². The van der Waals surface area contributed by atoms with Crippen LogP contribution in [-0.2, 0) is 0 Å². The van der Waals surface area contributed by atoms with Crippen molar-refractivity contribution in [1.82, 2.24) is 10.2 Å². The quantitative estimate of drug-likeness (QED) is 0.844. The summed E-state index contributed by atoms with van der Waals surface area (Å²) in [6.07, 6.45) is 7.51. The van der Waals surface area contributed by atoms with E-state index in [9.17, 15) is 9.18 Å². The number of aryl methyl sites for hydroxylation is 1. The zero-order valence-electron chi connectivity index (χ0n) is 13.5. The number of hydrogen-bond acceptors (Lipinski definition) is 2. The lowest BCUT2D eigenvalue weighted by atomic mass is 10.1. The number of likely N-dealkylation sites (tertiary alicyclic amines) is 1. The largest absolute Gasteiger partial charge is 0.352 e. The van der Waals surface area contributed by atoms with Gasteiger partial charge in [0.2, 0.25) is 0 Å². The highest BCUT2D eigenvalue weighted by Crippen LogP contribution is 2.11. The maximum atomic E-state index is 13.7. The molecule has 1 heterocycles. The average molecular weight is 306 g/mol. The van der Waals surface area contributed by atoms with Crippen LogP contribution in [0.25, 0.3) is 0 Å². The summed E-state index contributed by atoms with van der Waals surface area (Å²) < 4.78 is 13.7. The molecule has 1 aromatic carbocycles. The van der Waals surface area contributed by atoms with Crippen LogP contribution in [0, 0.1) is 12.7 Å². The summed E-state index contributed by atoms with van der Waals surface area (Å²) in [5.41, 5.74) is 0.961. The van der Waals surface area contributed by atoms with E-state index in [1.807, 2.05) is 6.92 Å². The number of hydrogen-bond donors (Lipinski definition) is 1. The Kier molecular flexibility index (Phi) is 6.84. The average Bonchev–Trinajstić information content (AvgIpc) is 2.44. The van der Waals surface area contributed by atoms with Gasteiger partial charge in [0.25, 0.3) is 5.91 Å². The Labute approximate surface area is 132 Å². The standard InChI is InChI=1S/C18H27FN2O/c1-15-8-9-16(17(19)14-15)18(22)20-10-7-13-21-11-5-3-2-4-6-12-21/h8-9,14H,2-7,10-13H2,1H3,(H,20,22). The summed E-state index contributed by atoms with van der Waals surface area (Å²) in [5.74, 6) is -0.758. The Morgan fingerprint density at radius 3 is 2.55 bits per heavy atom. The molecule has 4 heteroatoms. The molecule has 1 aliphatic rings. The van der Waals surface area contributed by atoms with E-state index >= 15 is 0 Å². The first-order valence-corrected chi connectivity index (χ1v) is 8.43. The first-order chi connectivity index (χ1) is 10.7. The third-order valence-electron chi connectivity index (χ3n) is 4.25. The number of rotatable bonds is 5. The molecule has 22 heavy (non-hydrogen) atoms. The van der Waals surface area contributed by atoms with Gasteiger partial charge in [0, 0.05) is 6.54 Å². The molecule has 3 nitrogen and oxygen atoms in total. The minimum atomic E-state index is -0.443. The van der Waals surface area contributed by atoms with E-state index < -0.39 is 5.82 Å². The first kappa shape index (κ1) is 16.9. The van der Waals surface area contributed by atoms with Crippen molar-refractivity contribution in [3.05, 3.63) is 35.1 Å². The van der Waals surface area contributed by atoms with Gasteiger partial charge in [-0.05, 0) is 63.5 Å². The fourth-order valence-electron chi connectivity index (χ4n) is 2.94. The third kappa shape index (κ3) is 5.41. The molecule has 1 amide bonds. The Balaban J connectivity index is 1.70. The highest BCUT2D eigenvalue weighted by molar-refractivity contribution is 5.94. The Morgan fingerprint density at radius 2 is 1.86 bits per heavy atom. The van der Waals surface area contributed by atoms with Gasteiger partial charge >= 0.3 is 0 Å². The molecule has 0 aromatic heterocycles. The van der Waals surface area contributed by atoms with E-state index in [4.69, 9.17) is 0 Å². The molecule has 0 atom stereocenters. The van der Waals surface area contributed by atoms with E-state index in [0.717, 1.165) is 18.5 Å². The second-order valence-electron chi connectivity index (χ2n) is 6.20. The molecule has 1 saturated heterocycles. The minimum absolute atomic E-state index is 0.136. The van der Waals surface area contributed by atoms with Gasteiger partial charge in [-0.15, -0.1) is 0 Å². The van der Waals surface area contributed by atoms with Crippen molar-refractivity contribution >= 4 is 5.91 Å². The summed E-state index contributed by atoms with van der Waals surface area (Å²) in [5, 5.41) is 2.82. The molecule has 0 unspecified atom stereocenters. The molecule has 0 aliphatic carbocycles. The predicted octanol–water partition coefficient (Wildman–Crippen LogP) is 3.52. The number of nitrogens with one attached hydrogen (secondary N) is 1. The summed E-state index contributed by atoms with van der Waals surface area (Å²) in [6.45, 7) is 5.76. The summed E-state index contributed by atoms with van der Waals surface area (Å²) >= 11 is 0. The molecule has 0 spiro atoms. The number of carbonyl (C=O) groups excluding carboxylic acids is 1. The van der Waals surface area contributed by atoms with Crippen LogP contribution < -0.4 is 5.32 Å². The van der Waals surface area contributed by atoms with Gasteiger partial charge in [0.05, 0.1) is 5.56 Å². The van der Waals surface area contributed by atoms with Crippen LogP contribution in [0.5, 0.6) is 0 Å². The van der Waals surface area contributed by atoms with Gasteiger partial charge < -0.3 is 10.2 Å². The van der Waals surface area contributed by atoms with Gasteiger partial charge in [0.1, 0.15) is 5.82 Å². The van der Waals surface area contributed by atoms with Crippen molar-refractivity contribution in [1.29, 1.82) is 0 Å². The summed E-state index contributed by atoms with van der Waals surface area (Å²) in [7, 11) is 0. The number of amides is 1. The van der Waals surface area contributed by atoms with Crippen LogP contribution in [0.1, 0.15) is 54.4 Å². The molecular weight excluding hydrogens is 279 g/mol. The molecule has 0 saturated carbocycles. The van der Waals surface area contributed by atoms with Crippen molar-refractivity contribution in [3.63, 3.8) is 0 Å². The topological polar surface area (TPSA) is 32.3 Å². The molecule has 1 aliphatic heterocycles. The molecule has 0 bridgehead atoms. The second kappa shape index (κ2) is 8.89. The van der Waals surface area contributed by atoms with Crippen LogP contribution >= 0.6 is 0 Å². The fourth-order valence-corrected chi connectivity index (χ4v) is 2.94. The van der Waals surface area contributed by atoms with Crippen LogP contribution in [0.4, 0.5) is 4.39 Å². The van der Waals surface area contributed by atoms with Gasteiger partial charge in [-0.25, -0.2) is 4.39 Å². The highest BCUT2D eigenvalue weighted by Gasteiger charge is 2.11. The SMILES string of the molecule is Cc1ccc(C(=O)NCCCN2CCCCCCC2)c(F)c1. The molecule has 1 N–H and O–H groups in total. The minimum Gasteiger partial charge on any atom is -0.352 e. The molecule has 0 radical (unpaired) electrons. The van der Waals surface area contributed by atoms with E-state index in [0.29, 0.717) is 6.54 Å². The number of nitrogens with zero attached hydrogens (tertiary/aromatic N) is 1. The maximum Gasteiger partial charge on any atom is 0.254 e. The highest BCUT2D eigenvalue weighted by atomic mass is 19.1. The number of carbonyl (C=O) groups is 1. The smallest absolute Gasteiger partial charge is 0.254 e. The van der Waals surface area contributed by atoms with Crippen molar-refractivity contribution in [2.75, 3.05) is 26.2 Å². The molecule has 1 aromatic rings. The van der Waals surface area contributed by atoms with Crippen molar-refractivity contribution in [3.8, 4) is 0 Å². The first-order valence-electron chi connectivity index (χ1n) is 8.43. The molecule has 122 valence electrons. The predicted molar refractivity (Wildman–Crippen MR) is 87.6 cm³/mol. The van der Waals surface area contributed by atoms with Crippen molar-refractivity contribution < 1.29 is 9.18 Å². The number of benzene rings is 1. The lowest BCUT2D eigenvalue weighted by molar-refractivity contribution is 0.0947. The Bertz CT molecular complexity index is 482. The van der Waals surface area contributed by atoms with Gasteiger partial charge in [-0.3, -0.25) is 4.79 Å². The summed E-state index contributed by atoms with van der Waals surface area (Å²) in [4.78, 5) is 14.4. The second-order valence-corrected chi connectivity index (χ2v) is 6.20. The number of halogens is 1. The summed E-state index contributed by atoms with van der Waals surface area (Å²) in [6, 6.07) is 4.71. The monoisotopic (exact) mass is 306 g/mol. The van der Waals surface area contributed by atoms with Gasteiger partial charge in [-0.1, -0.05) is 25.3 Å².